The molecule has 5 heteroatoms. The van der Waals surface area contributed by atoms with Gasteiger partial charge in [0.15, 0.2) is 0 Å². The lowest BCUT2D eigenvalue weighted by Gasteiger charge is -2.36. The zero-order valence-corrected chi connectivity index (χ0v) is 17.9. The molecule has 0 N–H and O–H groups in total. The van der Waals surface area contributed by atoms with Gasteiger partial charge in [-0.05, 0) is 66.2 Å². The maximum absolute atomic E-state index is 13.1. The minimum absolute atomic E-state index is 0.209. The lowest BCUT2D eigenvalue weighted by Crippen LogP contribution is -2.35. The first-order valence-electron chi connectivity index (χ1n) is 9.62. The first kappa shape index (κ1) is 20.5. The molecule has 1 heterocycles. The molecule has 1 saturated heterocycles. The number of rotatable bonds is 6. The Morgan fingerprint density at radius 3 is 1.93 bits per heavy atom. The van der Waals surface area contributed by atoms with Crippen molar-refractivity contribution >= 4 is 23.5 Å². The van der Waals surface area contributed by atoms with E-state index in [0.717, 1.165) is 35.8 Å². The molecule has 0 amide bonds. The summed E-state index contributed by atoms with van der Waals surface area (Å²) in [6.07, 6.45) is 1.76. The van der Waals surface area contributed by atoms with Gasteiger partial charge in [-0.25, -0.2) is 4.39 Å². The van der Waals surface area contributed by atoms with Crippen molar-refractivity contribution in [3.8, 4) is 0 Å². The summed E-state index contributed by atoms with van der Waals surface area (Å²) in [4.78, 5) is 4.55. The zero-order chi connectivity index (χ0) is 20.1. The summed E-state index contributed by atoms with van der Waals surface area (Å²) in [7, 11) is 1.79. The van der Waals surface area contributed by atoms with Gasteiger partial charge >= 0.3 is 0 Å². The lowest BCUT2D eigenvalue weighted by atomic mass is 9.86. The minimum Gasteiger partial charge on any atom is -0.381 e. The Balaban J connectivity index is 1.46. The van der Waals surface area contributed by atoms with E-state index in [9.17, 15) is 4.39 Å². The first-order chi connectivity index (χ1) is 14.2. The van der Waals surface area contributed by atoms with E-state index >= 15 is 0 Å². The van der Waals surface area contributed by atoms with Gasteiger partial charge in [0, 0.05) is 52.7 Å². The van der Waals surface area contributed by atoms with Crippen molar-refractivity contribution in [2.75, 3.05) is 20.3 Å². The third-order valence-corrected chi connectivity index (χ3v) is 7.17. The summed E-state index contributed by atoms with van der Waals surface area (Å²) in [5.41, 5.74) is 0.974. The highest BCUT2D eigenvalue weighted by molar-refractivity contribution is 7.99. The quantitative estimate of drug-likeness (QED) is 0.432. The molecule has 0 atom stereocenters. The van der Waals surface area contributed by atoms with E-state index in [2.05, 4.69) is 48.5 Å². The second-order valence-corrected chi connectivity index (χ2v) is 9.26. The molecule has 1 fully saturated rings. The Labute approximate surface area is 179 Å². The first-order valence-corrected chi connectivity index (χ1v) is 11.2. The highest BCUT2D eigenvalue weighted by Gasteiger charge is 2.34. The molecular weight excluding hydrogens is 403 g/mol. The minimum atomic E-state index is -0.246. The van der Waals surface area contributed by atoms with Crippen molar-refractivity contribution in [3.05, 3.63) is 84.2 Å². The van der Waals surface area contributed by atoms with Crippen LogP contribution in [0.15, 0.2) is 92.4 Å². The molecule has 29 heavy (non-hydrogen) atoms. The van der Waals surface area contributed by atoms with Crippen LogP contribution in [0.4, 0.5) is 4.39 Å². The molecular formula is C24H23FO2S2. The Hall–Kier alpha value is -1.79. The van der Waals surface area contributed by atoms with Crippen LogP contribution in [-0.4, -0.2) is 20.3 Å². The summed E-state index contributed by atoms with van der Waals surface area (Å²) in [6, 6.07) is 23.7. The molecule has 2 nitrogen and oxygen atoms in total. The molecule has 150 valence electrons. The maximum Gasteiger partial charge on any atom is 0.123 e. The van der Waals surface area contributed by atoms with Crippen molar-refractivity contribution in [1.82, 2.24) is 0 Å². The topological polar surface area (TPSA) is 18.5 Å². The van der Waals surface area contributed by atoms with Gasteiger partial charge in [-0.1, -0.05) is 35.7 Å². The SMILES string of the molecule is COC1(c2cccc(Sc3ccc(Sc4ccc(F)cc4)cc3)c2)CCOCC1. The molecule has 1 aliphatic heterocycles. The van der Waals surface area contributed by atoms with Gasteiger partial charge in [-0.15, -0.1) is 0 Å². The Bertz CT molecular complexity index is 936. The van der Waals surface area contributed by atoms with Gasteiger partial charge in [0.1, 0.15) is 5.82 Å². The van der Waals surface area contributed by atoms with Crippen LogP contribution < -0.4 is 0 Å². The fraction of sp³-hybridized carbons (Fsp3) is 0.250. The number of halogens is 1. The van der Waals surface area contributed by atoms with Crippen LogP contribution in [-0.2, 0) is 15.1 Å². The van der Waals surface area contributed by atoms with Gasteiger partial charge in [0.25, 0.3) is 0 Å². The molecule has 0 spiro atoms. The highest BCUT2D eigenvalue weighted by Crippen LogP contribution is 2.38. The van der Waals surface area contributed by atoms with Crippen molar-refractivity contribution < 1.29 is 13.9 Å². The van der Waals surface area contributed by atoms with E-state index in [-0.39, 0.29) is 11.4 Å². The fourth-order valence-electron chi connectivity index (χ4n) is 3.51. The Morgan fingerprint density at radius 1 is 0.793 bits per heavy atom. The average molecular weight is 427 g/mol. The summed E-state index contributed by atoms with van der Waals surface area (Å²) in [5, 5.41) is 0. The largest absolute Gasteiger partial charge is 0.381 e. The Kier molecular flexibility index (Phi) is 6.60. The number of hydrogen-bond donors (Lipinski definition) is 0. The average Bonchev–Trinajstić information content (AvgIpc) is 2.77. The third kappa shape index (κ3) is 5.04. The van der Waals surface area contributed by atoms with Crippen molar-refractivity contribution in [1.29, 1.82) is 0 Å². The summed E-state index contributed by atoms with van der Waals surface area (Å²) in [5.74, 6) is -0.209. The van der Waals surface area contributed by atoms with Crippen molar-refractivity contribution in [3.63, 3.8) is 0 Å². The molecule has 3 aromatic carbocycles. The van der Waals surface area contributed by atoms with Gasteiger partial charge in [-0.2, -0.15) is 0 Å². The van der Waals surface area contributed by atoms with E-state index < -0.39 is 0 Å². The van der Waals surface area contributed by atoms with Gasteiger partial charge in [0.2, 0.25) is 0 Å². The zero-order valence-electron chi connectivity index (χ0n) is 16.3. The smallest absolute Gasteiger partial charge is 0.123 e. The van der Waals surface area contributed by atoms with E-state index in [1.165, 1.54) is 27.5 Å². The van der Waals surface area contributed by atoms with Crippen LogP contribution in [0.3, 0.4) is 0 Å². The third-order valence-electron chi connectivity index (χ3n) is 5.16. The molecule has 0 unspecified atom stereocenters. The van der Waals surface area contributed by atoms with Crippen LogP contribution in [0.2, 0.25) is 0 Å². The standard InChI is InChI=1S/C24H23FO2S2/c1-26-24(13-15-27-16-14-24)18-3-2-4-23(17-18)29-22-11-9-21(10-12-22)28-20-7-5-19(25)6-8-20/h2-12,17H,13-16H2,1H3. The van der Waals surface area contributed by atoms with Gasteiger partial charge in [-0.3, -0.25) is 0 Å². The summed E-state index contributed by atoms with van der Waals surface area (Å²) >= 11 is 3.38. The normalized spacial score (nSPS) is 15.9. The fourth-order valence-corrected chi connectivity index (χ4v) is 5.20. The van der Waals surface area contributed by atoms with E-state index in [1.807, 2.05) is 0 Å². The maximum atomic E-state index is 13.1. The summed E-state index contributed by atoms with van der Waals surface area (Å²) in [6.45, 7) is 1.47. The van der Waals surface area contributed by atoms with Crippen LogP contribution in [0, 0.1) is 5.82 Å². The van der Waals surface area contributed by atoms with Crippen LogP contribution >= 0.6 is 23.5 Å². The molecule has 0 aliphatic carbocycles. The predicted octanol–water partition coefficient (Wildman–Crippen LogP) is 6.78. The number of ether oxygens (including phenoxy) is 2. The van der Waals surface area contributed by atoms with Crippen molar-refractivity contribution in [2.45, 2.75) is 38.0 Å². The number of benzene rings is 3. The van der Waals surface area contributed by atoms with E-state index in [0.29, 0.717) is 0 Å². The van der Waals surface area contributed by atoms with Gasteiger partial charge in [0.05, 0.1) is 5.60 Å². The lowest BCUT2D eigenvalue weighted by molar-refractivity contribution is -0.0948. The highest BCUT2D eigenvalue weighted by atomic mass is 32.2. The molecule has 0 bridgehead atoms. The second-order valence-electron chi connectivity index (χ2n) is 6.97. The van der Waals surface area contributed by atoms with E-state index in [4.69, 9.17) is 9.47 Å². The molecule has 4 rings (SSSR count). The van der Waals surface area contributed by atoms with Crippen LogP contribution in [0.1, 0.15) is 18.4 Å². The van der Waals surface area contributed by atoms with Crippen LogP contribution in [0.5, 0.6) is 0 Å². The number of methoxy groups -OCH3 is 1. The van der Waals surface area contributed by atoms with Crippen LogP contribution in [0.25, 0.3) is 0 Å². The molecule has 0 radical (unpaired) electrons. The Morgan fingerprint density at radius 2 is 1.34 bits per heavy atom. The van der Waals surface area contributed by atoms with Crippen molar-refractivity contribution in [2.24, 2.45) is 0 Å². The second kappa shape index (κ2) is 9.35. The van der Waals surface area contributed by atoms with E-state index in [1.54, 1.807) is 42.8 Å². The number of hydrogen-bond acceptors (Lipinski definition) is 4. The predicted molar refractivity (Wildman–Crippen MR) is 116 cm³/mol. The monoisotopic (exact) mass is 426 g/mol. The molecule has 1 aliphatic rings. The summed E-state index contributed by atoms with van der Waals surface area (Å²) < 4.78 is 24.5. The van der Waals surface area contributed by atoms with Gasteiger partial charge < -0.3 is 9.47 Å². The molecule has 3 aromatic rings. The molecule has 0 aromatic heterocycles. The molecule has 0 saturated carbocycles.